The van der Waals surface area contributed by atoms with Gasteiger partial charge in [0.1, 0.15) is 0 Å². The van der Waals surface area contributed by atoms with Crippen molar-refractivity contribution >= 4 is 0 Å². The summed E-state index contributed by atoms with van der Waals surface area (Å²) in [4.78, 5) is 0. The molecule has 0 atom stereocenters. The summed E-state index contributed by atoms with van der Waals surface area (Å²) in [5.74, 6) is 0. The van der Waals surface area contributed by atoms with Crippen molar-refractivity contribution in [3.63, 3.8) is 0 Å². The standard InChI is InChI=1S/C16H21N3O/c1-16(8-11-20-12-9-16)17-13-14-7-10-19(18-14)15-5-3-2-4-6-15/h2-7,10,17H,8-9,11-13H2,1H3. The van der Waals surface area contributed by atoms with Crippen LogP contribution < -0.4 is 5.32 Å². The van der Waals surface area contributed by atoms with E-state index >= 15 is 0 Å². The Morgan fingerprint density at radius 1 is 1.20 bits per heavy atom. The molecule has 1 N–H and O–H groups in total. The highest BCUT2D eigenvalue weighted by atomic mass is 16.5. The van der Waals surface area contributed by atoms with Gasteiger partial charge < -0.3 is 10.1 Å². The summed E-state index contributed by atoms with van der Waals surface area (Å²) >= 11 is 0. The summed E-state index contributed by atoms with van der Waals surface area (Å²) in [7, 11) is 0. The molecule has 2 heterocycles. The minimum absolute atomic E-state index is 0.175. The lowest BCUT2D eigenvalue weighted by molar-refractivity contribution is 0.0445. The van der Waals surface area contributed by atoms with Crippen LogP contribution in [0.25, 0.3) is 5.69 Å². The fourth-order valence-corrected chi connectivity index (χ4v) is 2.48. The van der Waals surface area contributed by atoms with E-state index in [0.29, 0.717) is 0 Å². The molecular weight excluding hydrogens is 250 g/mol. The Morgan fingerprint density at radius 3 is 2.70 bits per heavy atom. The summed E-state index contributed by atoms with van der Waals surface area (Å²) in [6.45, 7) is 4.77. The van der Waals surface area contributed by atoms with E-state index in [1.165, 1.54) is 0 Å². The van der Waals surface area contributed by atoms with E-state index < -0.39 is 0 Å². The number of hydrogen-bond acceptors (Lipinski definition) is 3. The van der Waals surface area contributed by atoms with E-state index in [-0.39, 0.29) is 5.54 Å². The lowest BCUT2D eigenvalue weighted by Crippen LogP contribution is -2.46. The van der Waals surface area contributed by atoms with E-state index in [1.807, 2.05) is 29.1 Å². The van der Waals surface area contributed by atoms with Gasteiger partial charge in [-0.15, -0.1) is 0 Å². The zero-order valence-corrected chi connectivity index (χ0v) is 11.9. The number of para-hydroxylation sites is 1. The van der Waals surface area contributed by atoms with E-state index in [2.05, 4.69) is 35.5 Å². The molecule has 0 aliphatic carbocycles. The largest absolute Gasteiger partial charge is 0.381 e. The van der Waals surface area contributed by atoms with Crippen LogP contribution in [0.5, 0.6) is 0 Å². The summed E-state index contributed by atoms with van der Waals surface area (Å²) in [5.41, 5.74) is 2.34. The van der Waals surface area contributed by atoms with Gasteiger partial charge >= 0.3 is 0 Å². The van der Waals surface area contributed by atoms with Crippen LogP contribution in [0.15, 0.2) is 42.6 Å². The zero-order chi connectivity index (χ0) is 13.8. The van der Waals surface area contributed by atoms with Crippen molar-refractivity contribution in [3.05, 3.63) is 48.3 Å². The maximum Gasteiger partial charge on any atom is 0.0767 e. The highest BCUT2D eigenvalue weighted by Gasteiger charge is 2.26. The molecule has 1 aromatic carbocycles. The Bertz CT molecular complexity index is 544. The predicted octanol–water partition coefficient (Wildman–Crippen LogP) is 2.53. The Morgan fingerprint density at radius 2 is 1.95 bits per heavy atom. The molecular formula is C16H21N3O. The van der Waals surface area contributed by atoms with Crippen LogP contribution in [0.3, 0.4) is 0 Å². The smallest absolute Gasteiger partial charge is 0.0767 e. The Balaban J connectivity index is 1.63. The summed E-state index contributed by atoms with van der Waals surface area (Å²) in [5, 5.41) is 8.24. The zero-order valence-electron chi connectivity index (χ0n) is 11.9. The number of nitrogens with zero attached hydrogens (tertiary/aromatic N) is 2. The van der Waals surface area contributed by atoms with Gasteiger partial charge in [0, 0.05) is 31.5 Å². The molecule has 0 unspecified atom stereocenters. The first-order valence-electron chi connectivity index (χ1n) is 7.18. The van der Waals surface area contributed by atoms with Crippen LogP contribution >= 0.6 is 0 Å². The van der Waals surface area contributed by atoms with Crippen molar-refractivity contribution in [1.82, 2.24) is 15.1 Å². The van der Waals surface area contributed by atoms with Crippen LogP contribution in [-0.4, -0.2) is 28.5 Å². The number of ether oxygens (including phenoxy) is 1. The highest BCUT2D eigenvalue weighted by Crippen LogP contribution is 2.20. The van der Waals surface area contributed by atoms with Crippen molar-refractivity contribution < 1.29 is 4.74 Å². The van der Waals surface area contributed by atoms with Gasteiger partial charge in [0.15, 0.2) is 0 Å². The molecule has 20 heavy (non-hydrogen) atoms. The average molecular weight is 271 g/mol. The van der Waals surface area contributed by atoms with Crippen molar-refractivity contribution in [1.29, 1.82) is 0 Å². The van der Waals surface area contributed by atoms with E-state index in [4.69, 9.17) is 4.74 Å². The first-order valence-corrected chi connectivity index (χ1v) is 7.18. The van der Waals surface area contributed by atoms with Crippen molar-refractivity contribution in [2.45, 2.75) is 31.8 Å². The van der Waals surface area contributed by atoms with Crippen LogP contribution in [0, 0.1) is 0 Å². The van der Waals surface area contributed by atoms with Gasteiger partial charge in [-0.05, 0) is 38.0 Å². The second-order valence-corrected chi connectivity index (χ2v) is 5.61. The minimum Gasteiger partial charge on any atom is -0.381 e. The van der Waals surface area contributed by atoms with Crippen LogP contribution in [-0.2, 0) is 11.3 Å². The molecule has 1 fully saturated rings. The highest BCUT2D eigenvalue weighted by molar-refractivity contribution is 5.30. The van der Waals surface area contributed by atoms with E-state index in [1.54, 1.807) is 0 Å². The van der Waals surface area contributed by atoms with Crippen LogP contribution in [0.1, 0.15) is 25.5 Å². The summed E-state index contributed by atoms with van der Waals surface area (Å²) in [6.07, 6.45) is 4.14. The van der Waals surface area contributed by atoms with Gasteiger partial charge in [0.2, 0.25) is 0 Å². The fourth-order valence-electron chi connectivity index (χ4n) is 2.48. The molecule has 2 aromatic rings. The summed E-state index contributed by atoms with van der Waals surface area (Å²) in [6, 6.07) is 12.3. The molecule has 0 saturated carbocycles. The maximum absolute atomic E-state index is 5.42. The molecule has 1 saturated heterocycles. The molecule has 106 valence electrons. The monoisotopic (exact) mass is 271 g/mol. The molecule has 1 aliphatic heterocycles. The van der Waals surface area contributed by atoms with Crippen LogP contribution in [0.2, 0.25) is 0 Å². The second-order valence-electron chi connectivity index (χ2n) is 5.61. The lowest BCUT2D eigenvalue weighted by atomic mass is 9.92. The quantitative estimate of drug-likeness (QED) is 0.928. The molecule has 0 amide bonds. The van der Waals surface area contributed by atoms with Crippen molar-refractivity contribution in [2.24, 2.45) is 0 Å². The van der Waals surface area contributed by atoms with Gasteiger partial charge in [-0.2, -0.15) is 5.10 Å². The topological polar surface area (TPSA) is 39.1 Å². The van der Waals surface area contributed by atoms with Crippen LogP contribution in [0.4, 0.5) is 0 Å². The first kappa shape index (κ1) is 13.3. The molecule has 4 nitrogen and oxygen atoms in total. The summed E-state index contributed by atoms with van der Waals surface area (Å²) < 4.78 is 7.34. The van der Waals surface area contributed by atoms with Crippen molar-refractivity contribution in [3.8, 4) is 5.69 Å². The molecule has 1 aliphatic rings. The normalized spacial score (nSPS) is 18.1. The predicted molar refractivity (Wildman–Crippen MR) is 78.9 cm³/mol. The Kier molecular flexibility index (Phi) is 3.85. The van der Waals surface area contributed by atoms with Gasteiger partial charge in [0.25, 0.3) is 0 Å². The third kappa shape index (κ3) is 3.08. The number of benzene rings is 1. The SMILES string of the molecule is CC1(NCc2ccn(-c3ccccc3)n2)CCOCC1. The molecule has 4 heteroatoms. The minimum atomic E-state index is 0.175. The molecule has 3 rings (SSSR count). The first-order chi connectivity index (χ1) is 9.75. The lowest BCUT2D eigenvalue weighted by Gasteiger charge is -2.34. The van der Waals surface area contributed by atoms with Crippen molar-refractivity contribution in [2.75, 3.05) is 13.2 Å². The maximum atomic E-state index is 5.42. The number of nitrogens with one attached hydrogen (secondary N) is 1. The third-order valence-electron chi connectivity index (χ3n) is 3.96. The van der Waals surface area contributed by atoms with Gasteiger partial charge in [-0.1, -0.05) is 18.2 Å². The molecule has 0 radical (unpaired) electrons. The van der Waals surface area contributed by atoms with E-state index in [9.17, 15) is 0 Å². The average Bonchev–Trinajstić information content (AvgIpc) is 2.96. The Hall–Kier alpha value is -1.65. The molecule has 0 spiro atoms. The van der Waals surface area contributed by atoms with E-state index in [0.717, 1.165) is 44.0 Å². The fraction of sp³-hybridized carbons (Fsp3) is 0.438. The molecule has 0 bridgehead atoms. The number of hydrogen-bond donors (Lipinski definition) is 1. The Labute approximate surface area is 119 Å². The third-order valence-corrected chi connectivity index (χ3v) is 3.96. The van der Waals surface area contributed by atoms with Gasteiger partial charge in [-0.3, -0.25) is 0 Å². The number of aromatic nitrogens is 2. The number of rotatable bonds is 4. The second kappa shape index (κ2) is 5.77. The van der Waals surface area contributed by atoms with Gasteiger partial charge in [-0.25, -0.2) is 4.68 Å². The molecule has 1 aromatic heterocycles. The van der Waals surface area contributed by atoms with Gasteiger partial charge in [0.05, 0.1) is 11.4 Å².